The van der Waals surface area contributed by atoms with Crippen molar-refractivity contribution in [3.63, 3.8) is 0 Å². The Labute approximate surface area is 137 Å². The van der Waals surface area contributed by atoms with E-state index in [1.165, 1.54) is 28.8 Å². The first-order valence-corrected chi connectivity index (χ1v) is 10.5. The first kappa shape index (κ1) is 18.2. The standard InChI is InChI=1S/C14H22N2O5S2/c1-15(22(3,17)18)12-8-10-16(11-9-12)23(19,20)14-7-5-4-6-13(14)21-2/h4-7,12H,8-11H2,1-3H3. The minimum Gasteiger partial charge on any atom is -0.495 e. The number of para-hydroxylation sites is 1. The summed E-state index contributed by atoms with van der Waals surface area (Å²) >= 11 is 0. The molecule has 0 atom stereocenters. The van der Waals surface area contributed by atoms with E-state index >= 15 is 0 Å². The van der Waals surface area contributed by atoms with Gasteiger partial charge in [0.25, 0.3) is 0 Å². The quantitative estimate of drug-likeness (QED) is 0.771. The molecular weight excluding hydrogens is 340 g/mol. The second-order valence-electron chi connectivity index (χ2n) is 5.57. The first-order chi connectivity index (χ1) is 10.7. The van der Waals surface area contributed by atoms with Gasteiger partial charge < -0.3 is 4.74 Å². The fraction of sp³-hybridized carbons (Fsp3) is 0.571. The number of hydrogen-bond acceptors (Lipinski definition) is 5. The van der Waals surface area contributed by atoms with Crippen molar-refractivity contribution in [1.29, 1.82) is 0 Å². The van der Waals surface area contributed by atoms with Crippen LogP contribution in [0.1, 0.15) is 12.8 Å². The van der Waals surface area contributed by atoms with Crippen LogP contribution in [0.25, 0.3) is 0 Å². The summed E-state index contributed by atoms with van der Waals surface area (Å²) in [5.41, 5.74) is 0. The molecule has 0 N–H and O–H groups in total. The Morgan fingerprint density at radius 1 is 1.13 bits per heavy atom. The zero-order valence-electron chi connectivity index (χ0n) is 13.5. The van der Waals surface area contributed by atoms with Gasteiger partial charge in [0.1, 0.15) is 10.6 Å². The van der Waals surface area contributed by atoms with E-state index in [0.717, 1.165) is 6.26 Å². The Morgan fingerprint density at radius 3 is 2.22 bits per heavy atom. The van der Waals surface area contributed by atoms with Crippen molar-refractivity contribution >= 4 is 20.0 Å². The van der Waals surface area contributed by atoms with Gasteiger partial charge in [0.15, 0.2) is 0 Å². The van der Waals surface area contributed by atoms with Crippen molar-refractivity contribution in [3.8, 4) is 5.75 Å². The highest BCUT2D eigenvalue weighted by Gasteiger charge is 2.34. The van der Waals surface area contributed by atoms with Crippen molar-refractivity contribution in [2.75, 3.05) is 33.5 Å². The summed E-state index contributed by atoms with van der Waals surface area (Å²) in [5.74, 6) is 0.308. The maximum atomic E-state index is 12.8. The van der Waals surface area contributed by atoms with Crippen LogP contribution in [0.2, 0.25) is 0 Å². The van der Waals surface area contributed by atoms with Gasteiger partial charge in [-0.15, -0.1) is 0 Å². The number of ether oxygens (including phenoxy) is 1. The Balaban J connectivity index is 2.16. The van der Waals surface area contributed by atoms with Crippen LogP contribution in [0.15, 0.2) is 29.2 Å². The minimum absolute atomic E-state index is 0.136. The number of sulfonamides is 2. The van der Waals surface area contributed by atoms with Gasteiger partial charge in [0, 0.05) is 26.2 Å². The fourth-order valence-electron chi connectivity index (χ4n) is 2.69. The van der Waals surface area contributed by atoms with Crippen LogP contribution in [0.5, 0.6) is 5.75 Å². The van der Waals surface area contributed by atoms with Crippen molar-refractivity contribution in [3.05, 3.63) is 24.3 Å². The van der Waals surface area contributed by atoms with Gasteiger partial charge in [-0.3, -0.25) is 0 Å². The molecule has 2 rings (SSSR count). The summed E-state index contributed by atoms with van der Waals surface area (Å²) in [6, 6.07) is 6.32. The largest absolute Gasteiger partial charge is 0.495 e. The number of rotatable bonds is 5. The van der Waals surface area contributed by atoms with E-state index in [1.807, 2.05) is 0 Å². The topological polar surface area (TPSA) is 84.0 Å². The molecule has 7 nitrogen and oxygen atoms in total. The molecule has 0 unspecified atom stereocenters. The zero-order chi connectivity index (χ0) is 17.3. The highest BCUT2D eigenvalue weighted by atomic mass is 32.2. The number of nitrogens with zero attached hydrogens (tertiary/aromatic N) is 2. The van der Waals surface area contributed by atoms with Crippen LogP contribution in [0.4, 0.5) is 0 Å². The predicted molar refractivity (Wildman–Crippen MR) is 87.4 cm³/mol. The summed E-state index contributed by atoms with van der Waals surface area (Å²) < 4.78 is 56.5. The van der Waals surface area contributed by atoms with Gasteiger partial charge in [-0.2, -0.15) is 4.31 Å². The van der Waals surface area contributed by atoms with Crippen LogP contribution in [-0.2, 0) is 20.0 Å². The first-order valence-electron chi connectivity index (χ1n) is 7.24. The maximum absolute atomic E-state index is 12.8. The summed E-state index contributed by atoms with van der Waals surface area (Å²) in [6.07, 6.45) is 2.10. The van der Waals surface area contributed by atoms with Crippen LogP contribution in [0.3, 0.4) is 0 Å². The Hall–Kier alpha value is -1.16. The van der Waals surface area contributed by atoms with Crippen molar-refractivity contribution in [2.24, 2.45) is 0 Å². The molecule has 0 amide bonds. The van der Waals surface area contributed by atoms with Crippen LogP contribution in [0, 0.1) is 0 Å². The number of methoxy groups -OCH3 is 1. The molecule has 9 heteroatoms. The molecule has 0 radical (unpaired) electrons. The molecule has 130 valence electrons. The lowest BCUT2D eigenvalue weighted by molar-refractivity contribution is 0.238. The number of hydrogen-bond donors (Lipinski definition) is 0. The van der Waals surface area contributed by atoms with Gasteiger partial charge in [0.2, 0.25) is 20.0 Å². The van der Waals surface area contributed by atoms with Gasteiger partial charge in [-0.1, -0.05) is 12.1 Å². The second kappa shape index (κ2) is 6.76. The Kier molecular flexibility index (Phi) is 5.34. The lowest BCUT2D eigenvalue weighted by Crippen LogP contribution is -2.46. The van der Waals surface area contributed by atoms with Crippen molar-refractivity contribution in [2.45, 2.75) is 23.8 Å². The van der Waals surface area contributed by atoms with Crippen LogP contribution >= 0.6 is 0 Å². The van der Waals surface area contributed by atoms with E-state index in [9.17, 15) is 16.8 Å². The Morgan fingerprint density at radius 2 is 1.70 bits per heavy atom. The van der Waals surface area contributed by atoms with E-state index in [-0.39, 0.29) is 24.0 Å². The Bertz CT molecular complexity index is 753. The smallest absolute Gasteiger partial charge is 0.246 e. The predicted octanol–water partition coefficient (Wildman–Crippen LogP) is 0.740. The van der Waals surface area contributed by atoms with E-state index in [0.29, 0.717) is 18.6 Å². The summed E-state index contributed by atoms with van der Waals surface area (Å²) in [4.78, 5) is 0.136. The van der Waals surface area contributed by atoms with E-state index < -0.39 is 20.0 Å². The molecule has 1 aliphatic rings. The second-order valence-corrected chi connectivity index (χ2v) is 9.51. The third-order valence-corrected chi connectivity index (χ3v) is 7.43. The van der Waals surface area contributed by atoms with Gasteiger partial charge in [-0.05, 0) is 25.0 Å². The molecule has 1 fully saturated rings. The molecule has 1 heterocycles. The van der Waals surface area contributed by atoms with Crippen LogP contribution < -0.4 is 4.74 Å². The van der Waals surface area contributed by atoms with Gasteiger partial charge in [0.05, 0.1) is 13.4 Å². The highest BCUT2D eigenvalue weighted by Crippen LogP contribution is 2.29. The summed E-state index contributed by atoms with van der Waals surface area (Å²) in [5, 5.41) is 0. The highest BCUT2D eigenvalue weighted by molar-refractivity contribution is 7.89. The molecule has 0 aromatic heterocycles. The molecule has 1 aromatic rings. The van der Waals surface area contributed by atoms with E-state index in [1.54, 1.807) is 18.2 Å². The summed E-state index contributed by atoms with van der Waals surface area (Å²) in [6.45, 7) is 0.565. The van der Waals surface area contributed by atoms with Gasteiger partial charge in [-0.25, -0.2) is 21.1 Å². The van der Waals surface area contributed by atoms with Gasteiger partial charge >= 0.3 is 0 Å². The fourth-order valence-corrected chi connectivity index (χ4v) is 5.07. The van der Waals surface area contributed by atoms with Crippen LogP contribution in [-0.4, -0.2) is 65.0 Å². The molecule has 0 aliphatic carbocycles. The average Bonchev–Trinajstić information content (AvgIpc) is 2.53. The molecular formula is C14H22N2O5S2. The van der Waals surface area contributed by atoms with E-state index in [4.69, 9.17) is 4.74 Å². The molecule has 1 saturated heterocycles. The normalized spacial score (nSPS) is 18.3. The molecule has 23 heavy (non-hydrogen) atoms. The number of piperidine rings is 1. The monoisotopic (exact) mass is 362 g/mol. The lowest BCUT2D eigenvalue weighted by atomic mass is 10.1. The maximum Gasteiger partial charge on any atom is 0.246 e. The zero-order valence-corrected chi connectivity index (χ0v) is 15.1. The van der Waals surface area contributed by atoms with E-state index in [2.05, 4.69) is 0 Å². The average molecular weight is 362 g/mol. The number of benzene rings is 1. The molecule has 0 spiro atoms. The SMILES string of the molecule is COc1ccccc1S(=O)(=O)N1CCC(N(C)S(C)(=O)=O)CC1. The molecule has 1 aliphatic heterocycles. The minimum atomic E-state index is -3.65. The summed E-state index contributed by atoms with van der Waals surface area (Å²) in [7, 11) is -3.96. The van der Waals surface area contributed by atoms with Crippen molar-refractivity contribution in [1.82, 2.24) is 8.61 Å². The molecule has 0 bridgehead atoms. The lowest BCUT2D eigenvalue weighted by Gasteiger charge is -2.35. The third-order valence-electron chi connectivity index (χ3n) is 4.15. The van der Waals surface area contributed by atoms with Crippen molar-refractivity contribution < 1.29 is 21.6 Å². The molecule has 0 saturated carbocycles. The molecule has 1 aromatic carbocycles. The third kappa shape index (κ3) is 3.85.